The molecule has 0 spiro atoms. The van der Waals surface area contributed by atoms with E-state index in [-0.39, 0.29) is 6.03 Å². The van der Waals surface area contributed by atoms with Crippen LogP contribution >= 0.6 is 23.2 Å². The Labute approximate surface area is 139 Å². The number of hydrogen-bond donors (Lipinski definition) is 2. The molecule has 22 heavy (non-hydrogen) atoms. The maximum Gasteiger partial charge on any atom is 0.319 e. The fourth-order valence-electron chi connectivity index (χ4n) is 1.73. The Morgan fingerprint density at radius 2 is 1.86 bits per heavy atom. The zero-order valence-electron chi connectivity index (χ0n) is 12.0. The van der Waals surface area contributed by atoms with Crippen molar-refractivity contribution in [2.24, 2.45) is 0 Å². The summed E-state index contributed by atoms with van der Waals surface area (Å²) in [7, 11) is 0. The summed E-state index contributed by atoms with van der Waals surface area (Å²) in [6.45, 7) is 2.77. The van der Waals surface area contributed by atoms with Gasteiger partial charge in [-0.3, -0.25) is 0 Å². The number of urea groups is 1. The van der Waals surface area contributed by atoms with Crippen LogP contribution in [0.15, 0.2) is 42.5 Å². The summed E-state index contributed by atoms with van der Waals surface area (Å²) in [5.41, 5.74) is 1.67. The van der Waals surface area contributed by atoms with Gasteiger partial charge in [0, 0.05) is 5.02 Å². The van der Waals surface area contributed by atoms with Crippen molar-refractivity contribution in [3.8, 4) is 5.75 Å². The molecule has 0 fully saturated rings. The smallest absolute Gasteiger partial charge is 0.319 e. The number of hydrogen-bond acceptors (Lipinski definition) is 2. The maximum atomic E-state index is 11.7. The van der Waals surface area contributed by atoms with E-state index < -0.39 is 0 Å². The number of aryl methyl sites for hydroxylation is 1. The van der Waals surface area contributed by atoms with Gasteiger partial charge in [-0.1, -0.05) is 40.9 Å². The van der Waals surface area contributed by atoms with Crippen molar-refractivity contribution >= 4 is 34.9 Å². The molecule has 0 aliphatic rings. The molecule has 0 radical (unpaired) electrons. The third-order valence-corrected chi connectivity index (χ3v) is 3.40. The highest BCUT2D eigenvalue weighted by molar-refractivity contribution is 6.36. The van der Waals surface area contributed by atoms with E-state index in [1.807, 2.05) is 31.2 Å². The summed E-state index contributed by atoms with van der Waals surface area (Å²) in [6.07, 6.45) is 0. The molecular weight excluding hydrogens is 323 g/mol. The van der Waals surface area contributed by atoms with Gasteiger partial charge >= 0.3 is 6.03 Å². The molecule has 0 bridgehead atoms. The molecule has 2 amide bonds. The monoisotopic (exact) mass is 338 g/mol. The van der Waals surface area contributed by atoms with Crippen LogP contribution in [0.2, 0.25) is 10.0 Å². The minimum absolute atomic E-state index is 0.350. The fraction of sp³-hybridized carbons (Fsp3) is 0.188. The van der Waals surface area contributed by atoms with E-state index >= 15 is 0 Å². The van der Waals surface area contributed by atoms with E-state index in [0.29, 0.717) is 28.9 Å². The molecule has 0 aliphatic heterocycles. The third kappa shape index (κ3) is 5.13. The fourth-order valence-corrected chi connectivity index (χ4v) is 2.18. The first kappa shape index (κ1) is 16.5. The summed E-state index contributed by atoms with van der Waals surface area (Å²) in [5.74, 6) is 0.772. The van der Waals surface area contributed by atoms with Gasteiger partial charge in [-0.2, -0.15) is 0 Å². The van der Waals surface area contributed by atoms with Crippen LogP contribution < -0.4 is 15.4 Å². The number of carbonyl (C=O) groups is 1. The minimum Gasteiger partial charge on any atom is -0.492 e. The first-order valence-corrected chi connectivity index (χ1v) is 7.49. The second-order valence-electron chi connectivity index (χ2n) is 4.67. The molecule has 116 valence electrons. The lowest BCUT2D eigenvalue weighted by Gasteiger charge is -2.10. The average molecular weight is 339 g/mol. The molecular formula is C16H16Cl2N2O2. The number of anilines is 1. The Kier molecular flexibility index (Phi) is 5.92. The number of amides is 2. The largest absolute Gasteiger partial charge is 0.492 e. The van der Waals surface area contributed by atoms with Gasteiger partial charge in [0.2, 0.25) is 0 Å². The summed E-state index contributed by atoms with van der Waals surface area (Å²) in [5, 5.41) is 6.24. The predicted molar refractivity (Wildman–Crippen MR) is 90.2 cm³/mol. The van der Waals surface area contributed by atoms with Crippen LogP contribution in [0.25, 0.3) is 0 Å². The lowest BCUT2D eigenvalue weighted by atomic mass is 10.2. The molecule has 0 saturated carbocycles. The van der Waals surface area contributed by atoms with Crippen LogP contribution in [0.3, 0.4) is 0 Å². The van der Waals surface area contributed by atoms with Gasteiger partial charge in [0.15, 0.2) is 0 Å². The topological polar surface area (TPSA) is 50.4 Å². The second kappa shape index (κ2) is 7.92. The quantitative estimate of drug-likeness (QED) is 0.788. The van der Waals surface area contributed by atoms with E-state index in [2.05, 4.69) is 10.6 Å². The molecule has 6 heteroatoms. The number of benzene rings is 2. The van der Waals surface area contributed by atoms with Crippen molar-refractivity contribution in [1.29, 1.82) is 0 Å². The van der Waals surface area contributed by atoms with E-state index in [0.717, 1.165) is 5.75 Å². The molecule has 2 aromatic rings. The predicted octanol–water partition coefficient (Wildman–Crippen LogP) is 4.50. The maximum absolute atomic E-state index is 11.7. The van der Waals surface area contributed by atoms with E-state index in [1.165, 1.54) is 5.56 Å². The first-order chi connectivity index (χ1) is 10.5. The van der Waals surface area contributed by atoms with E-state index in [9.17, 15) is 4.79 Å². The zero-order valence-corrected chi connectivity index (χ0v) is 13.5. The second-order valence-corrected chi connectivity index (χ2v) is 5.51. The van der Waals surface area contributed by atoms with Crippen molar-refractivity contribution in [2.75, 3.05) is 18.5 Å². The number of ether oxygens (including phenoxy) is 1. The van der Waals surface area contributed by atoms with Crippen molar-refractivity contribution in [1.82, 2.24) is 5.32 Å². The Hall–Kier alpha value is -1.91. The SMILES string of the molecule is Cc1ccc(OCCNC(=O)Nc2ccc(Cl)cc2Cl)cc1. The Morgan fingerprint density at radius 3 is 2.55 bits per heavy atom. The Morgan fingerprint density at radius 1 is 1.14 bits per heavy atom. The molecule has 0 aliphatic carbocycles. The Bertz CT molecular complexity index is 645. The lowest BCUT2D eigenvalue weighted by Crippen LogP contribution is -2.32. The van der Waals surface area contributed by atoms with Gasteiger partial charge in [-0.15, -0.1) is 0 Å². The number of rotatable bonds is 5. The molecule has 2 aromatic carbocycles. The first-order valence-electron chi connectivity index (χ1n) is 6.74. The lowest BCUT2D eigenvalue weighted by molar-refractivity contribution is 0.247. The van der Waals surface area contributed by atoms with Crippen molar-refractivity contribution in [3.63, 3.8) is 0 Å². The van der Waals surface area contributed by atoms with Crippen molar-refractivity contribution in [2.45, 2.75) is 6.92 Å². The molecule has 0 heterocycles. The average Bonchev–Trinajstić information content (AvgIpc) is 2.48. The summed E-state index contributed by atoms with van der Waals surface area (Å²) in [4.78, 5) is 11.7. The highest BCUT2D eigenvalue weighted by Gasteiger charge is 2.05. The van der Waals surface area contributed by atoms with Gasteiger partial charge in [-0.05, 0) is 37.3 Å². The van der Waals surface area contributed by atoms with Gasteiger partial charge in [0.25, 0.3) is 0 Å². The minimum atomic E-state index is -0.350. The van der Waals surface area contributed by atoms with Gasteiger partial charge < -0.3 is 15.4 Å². The van der Waals surface area contributed by atoms with E-state index in [1.54, 1.807) is 18.2 Å². The van der Waals surface area contributed by atoms with Crippen LogP contribution in [0.5, 0.6) is 5.75 Å². The van der Waals surface area contributed by atoms with Gasteiger partial charge in [-0.25, -0.2) is 4.79 Å². The van der Waals surface area contributed by atoms with Crippen LogP contribution in [-0.4, -0.2) is 19.2 Å². The van der Waals surface area contributed by atoms with Gasteiger partial charge in [0.05, 0.1) is 17.3 Å². The number of carbonyl (C=O) groups excluding carboxylic acids is 1. The molecule has 2 N–H and O–H groups in total. The zero-order chi connectivity index (χ0) is 15.9. The van der Waals surface area contributed by atoms with Crippen LogP contribution in [0.4, 0.5) is 10.5 Å². The number of nitrogens with one attached hydrogen (secondary N) is 2. The van der Waals surface area contributed by atoms with Crippen LogP contribution in [-0.2, 0) is 0 Å². The molecule has 0 atom stereocenters. The number of halogens is 2. The normalized spacial score (nSPS) is 10.1. The van der Waals surface area contributed by atoms with Crippen molar-refractivity contribution < 1.29 is 9.53 Å². The van der Waals surface area contributed by atoms with Crippen LogP contribution in [0.1, 0.15) is 5.56 Å². The molecule has 0 saturated heterocycles. The van der Waals surface area contributed by atoms with Crippen LogP contribution in [0, 0.1) is 6.92 Å². The highest BCUT2D eigenvalue weighted by Crippen LogP contribution is 2.25. The highest BCUT2D eigenvalue weighted by atomic mass is 35.5. The van der Waals surface area contributed by atoms with Crippen molar-refractivity contribution in [3.05, 3.63) is 58.1 Å². The standard InChI is InChI=1S/C16H16Cl2N2O2/c1-11-2-5-13(6-3-11)22-9-8-19-16(21)20-15-7-4-12(17)10-14(15)18/h2-7,10H,8-9H2,1H3,(H2,19,20,21). The molecule has 4 nitrogen and oxygen atoms in total. The molecule has 0 aromatic heterocycles. The molecule has 0 unspecified atom stereocenters. The summed E-state index contributed by atoms with van der Waals surface area (Å²) < 4.78 is 5.52. The summed E-state index contributed by atoms with van der Waals surface area (Å²) >= 11 is 11.8. The third-order valence-electron chi connectivity index (χ3n) is 2.86. The Balaban J connectivity index is 1.72. The van der Waals surface area contributed by atoms with Gasteiger partial charge in [0.1, 0.15) is 12.4 Å². The van der Waals surface area contributed by atoms with E-state index in [4.69, 9.17) is 27.9 Å². The molecule has 2 rings (SSSR count). The summed E-state index contributed by atoms with van der Waals surface area (Å²) in [6, 6.07) is 12.2.